The summed E-state index contributed by atoms with van der Waals surface area (Å²) in [5, 5.41) is 15.8. The van der Waals surface area contributed by atoms with E-state index >= 15 is 0 Å². The van der Waals surface area contributed by atoms with Crippen molar-refractivity contribution in [3.63, 3.8) is 0 Å². The van der Waals surface area contributed by atoms with Gasteiger partial charge in [-0.3, -0.25) is 4.68 Å². The summed E-state index contributed by atoms with van der Waals surface area (Å²) in [5.41, 5.74) is 1.14. The Kier molecular flexibility index (Phi) is 3.99. The lowest BCUT2D eigenvalue weighted by Gasteiger charge is -2.37. The molecule has 1 aliphatic rings. The molecule has 18 heavy (non-hydrogen) atoms. The smallest absolute Gasteiger partial charge is 0.0848 e. The van der Waals surface area contributed by atoms with Crippen LogP contribution < -0.4 is 0 Å². The molecule has 102 valence electrons. The van der Waals surface area contributed by atoms with Gasteiger partial charge in [-0.2, -0.15) is 5.10 Å². The Balaban J connectivity index is 2.22. The van der Waals surface area contributed by atoms with E-state index in [0.29, 0.717) is 18.0 Å². The average Bonchev–Trinajstić information content (AvgIpc) is 2.56. The summed E-state index contributed by atoms with van der Waals surface area (Å²) < 4.78 is 1.91. The van der Waals surface area contributed by atoms with E-state index in [-0.39, 0.29) is 0 Å². The predicted molar refractivity (Wildman–Crippen MR) is 73.0 cm³/mol. The Hall–Kier alpha value is -0.580. The van der Waals surface area contributed by atoms with Crippen LogP contribution in [0.4, 0.5) is 0 Å². The zero-order chi connectivity index (χ0) is 13.3. The van der Waals surface area contributed by atoms with Crippen molar-refractivity contribution in [2.24, 2.45) is 0 Å². The number of rotatable bonds is 3. The highest BCUT2D eigenvalue weighted by Gasteiger charge is 2.34. The standard InChI is InChI=1S/C13H22ClN3O/c1-4-17-11(12(14)10(2)15-17)8-13(18)6-5-7-16(3)9-13/h18H,4-9H2,1-3H3. The van der Waals surface area contributed by atoms with Gasteiger partial charge < -0.3 is 10.0 Å². The van der Waals surface area contributed by atoms with E-state index in [2.05, 4.69) is 10.00 Å². The van der Waals surface area contributed by atoms with Crippen molar-refractivity contribution < 1.29 is 5.11 Å². The number of β-amino-alcohol motifs (C(OH)–C–C–N with tert-alkyl or cyclic N) is 1. The molecule has 1 unspecified atom stereocenters. The number of aliphatic hydroxyl groups is 1. The lowest BCUT2D eigenvalue weighted by molar-refractivity contribution is -0.0237. The van der Waals surface area contributed by atoms with Crippen molar-refractivity contribution in [1.29, 1.82) is 0 Å². The Morgan fingerprint density at radius 1 is 1.50 bits per heavy atom. The quantitative estimate of drug-likeness (QED) is 0.912. The maximum Gasteiger partial charge on any atom is 0.0848 e. The monoisotopic (exact) mass is 271 g/mol. The topological polar surface area (TPSA) is 41.3 Å². The summed E-state index contributed by atoms with van der Waals surface area (Å²) in [7, 11) is 2.05. The second-order valence-corrected chi connectivity index (χ2v) is 5.78. The van der Waals surface area contributed by atoms with E-state index in [4.69, 9.17) is 11.6 Å². The molecule has 1 N–H and O–H groups in total. The van der Waals surface area contributed by atoms with Crippen LogP contribution in [-0.4, -0.2) is 45.5 Å². The summed E-state index contributed by atoms with van der Waals surface area (Å²) in [6, 6.07) is 0. The minimum Gasteiger partial charge on any atom is -0.388 e. The van der Waals surface area contributed by atoms with Gasteiger partial charge in [0.2, 0.25) is 0 Å². The predicted octanol–water partition coefficient (Wildman–Crippen LogP) is 1.86. The molecule has 5 heteroatoms. The van der Waals surface area contributed by atoms with E-state index in [9.17, 15) is 5.11 Å². The second-order valence-electron chi connectivity index (χ2n) is 5.40. The number of hydrogen-bond acceptors (Lipinski definition) is 3. The minimum atomic E-state index is -0.671. The first-order valence-electron chi connectivity index (χ1n) is 6.58. The van der Waals surface area contributed by atoms with Gasteiger partial charge in [-0.1, -0.05) is 11.6 Å². The molecule has 2 heterocycles. The fourth-order valence-corrected chi connectivity index (χ4v) is 3.03. The molecule has 0 bridgehead atoms. The molecule has 1 aliphatic heterocycles. The number of aryl methyl sites for hydroxylation is 2. The summed E-state index contributed by atoms with van der Waals surface area (Å²) in [4.78, 5) is 2.18. The molecule has 1 atom stereocenters. The van der Waals surface area contributed by atoms with E-state index in [1.807, 2.05) is 25.6 Å². The fourth-order valence-electron chi connectivity index (χ4n) is 2.83. The van der Waals surface area contributed by atoms with Crippen LogP contribution in [0.3, 0.4) is 0 Å². The average molecular weight is 272 g/mol. The van der Waals surface area contributed by atoms with Gasteiger partial charge >= 0.3 is 0 Å². The molecule has 0 aromatic carbocycles. The first-order chi connectivity index (χ1) is 8.45. The van der Waals surface area contributed by atoms with Gasteiger partial charge in [0.25, 0.3) is 0 Å². The number of hydrogen-bond donors (Lipinski definition) is 1. The zero-order valence-corrected chi connectivity index (χ0v) is 12.2. The maximum atomic E-state index is 10.7. The Morgan fingerprint density at radius 2 is 2.22 bits per heavy atom. The molecule has 0 saturated carbocycles. The lowest BCUT2D eigenvalue weighted by atomic mass is 9.88. The number of piperidine rings is 1. The Morgan fingerprint density at radius 3 is 2.83 bits per heavy atom. The van der Waals surface area contributed by atoms with Crippen molar-refractivity contribution >= 4 is 11.6 Å². The van der Waals surface area contributed by atoms with Crippen LogP contribution in [0.15, 0.2) is 0 Å². The highest BCUT2D eigenvalue weighted by molar-refractivity contribution is 6.31. The molecule has 1 fully saturated rings. The third-order valence-electron chi connectivity index (χ3n) is 3.70. The third kappa shape index (κ3) is 2.71. The van der Waals surface area contributed by atoms with E-state index in [0.717, 1.165) is 37.3 Å². The van der Waals surface area contributed by atoms with E-state index in [1.165, 1.54) is 0 Å². The van der Waals surface area contributed by atoms with Crippen LogP contribution in [0.5, 0.6) is 0 Å². The molecule has 1 aromatic rings. The Bertz CT molecular complexity index is 432. The van der Waals surface area contributed by atoms with Gasteiger partial charge in [0, 0.05) is 19.5 Å². The molecule has 0 amide bonds. The molecular weight excluding hydrogens is 250 g/mol. The summed E-state index contributed by atoms with van der Waals surface area (Å²) in [6.45, 7) is 6.51. The number of likely N-dealkylation sites (N-methyl/N-ethyl adjacent to an activating group) is 1. The fraction of sp³-hybridized carbons (Fsp3) is 0.769. The summed E-state index contributed by atoms with van der Waals surface area (Å²) >= 11 is 6.30. The van der Waals surface area contributed by atoms with Crippen LogP contribution in [-0.2, 0) is 13.0 Å². The largest absolute Gasteiger partial charge is 0.388 e. The SMILES string of the molecule is CCn1nc(C)c(Cl)c1CC1(O)CCCN(C)C1. The highest BCUT2D eigenvalue weighted by atomic mass is 35.5. The van der Waals surface area contributed by atoms with Gasteiger partial charge in [0.15, 0.2) is 0 Å². The third-order valence-corrected chi connectivity index (χ3v) is 4.19. The second kappa shape index (κ2) is 5.19. The first kappa shape index (κ1) is 13.8. The Labute approximate surface area is 114 Å². The van der Waals surface area contributed by atoms with Crippen LogP contribution in [0.2, 0.25) is 5.02 Å². The summed E-state index contributed by atoms with van der Waals surface area (Å²) in [5.74, 6) is 0. The van der Waals surface area contributed by atoms with Crippen LogP contribution >= 0.6 is 11.6 Å². The van der Waals surface area contributed by atoms with E-state index < -0.39 is 5.60 Å². The molecule has 0 spiro atoms. The number of nitrogens with zero attached hydrogens (tertiary/aromatic N) is 3. The first-order valence-corrected chi connectivity index (χ1v) is 6.95. The molecule has 1 saturated heterocycles. The molecular formula is C13H22ClN3O. The van der Waals surface area contributed by atoms with Crippen LogP contribution in [0.25, 0.3) is 0 Å². The van der Waals surface area contributed by atoms with Crippen molar-refractivity contribution in [2.75, 3.05) is 20.1 Å². The van der Waals surface area contributed by atoms with Crippen LogP contribution in [0.1, 0.15) is 31.2 Å². The lowest BCUT2D eigenvalue weighted by Crippen LogP contribution is -2.48. The number of halogens is 1. The minimum absolute atomic E-state index is 0.588. The molecule has 0 radical (unpaired) electrons. The highest BCUT2D eigenvalue weighted by Crippen LogP contribution is 2.29. The van der Waals surface area contributed by atoms with Crippen molar-refractivity contribution in [3.8, 4) is 0 Å². The number of likely N-dealkylation sites (tertiary alicyclic amines) is 1. The van der Waals surface area contributed by atoms with Crippen LogP contribution in [0, 0.1) is 6.92 Å². The molecule has 2 rings (SSSR count). The van der Waals surface area contributed by atoms with Gasteiger partial charge in [-0.25, -0.2) is 0 Å². The molecule has 0 aliphatic carbocycles. The number of aromatic nitrogens is 2. The molecule has 1 aromatic heterocycles. The van der Waals surface area contributed by atoms with Crippen molar-refractivity contribution in [1.82, 2.24) is 14.7 Å². The summed E-state index contributed by atoms with van der Waals surface area (Å²) in [6.07, 6.45) is 2.45. The molecule has 4 nitrogen and oxygen atoms in total. The van der Waals surface area contributed by atoms with Gasteiger partial charge in [-0.15, -0.1) is 0 Å². The van der Waals surface area contributed by atoms with Gasteiger partial charge in [0.05, 0.1) is 22.0 Å². The van der Waals surface area contributed by atoms with Crippen molar-refractivity contribution in [2.45, 2.75) is 45.3 Å². The van der Waals surface area contributed by atoms with E-state index in [1.54, 1.807) is 0 Å². The van der Waals surface area contributed by atoms with Crippen molar-refractivity contribution in [3.05, 3.63) is 16.4 Å². The van der Waals surface area contributed by atoms with Gasteiger partial charge in [-0.05, 0) is 40.3 Å². The normalized spacial score (nSPS) is 25.6. The zero-order valence-electron chi connectivity index (χ0n) is 11.4. The maximum absolute atomic E-state index is 10.7. The van der Waals surface area contributed by atoms with Gasteiger partial charge in [0.1, 0.15) is 0 Å².